The van der Waals surface area contributed by atoms with E-state index in [1.807, 2.05) is 17.1 Å². The second kappa shape index (κ2) is 6.74. The lowest BCUT2D eigenvalue weighted by molar-refractivity contribution is 0.0657. The van der Waals surface area contributed by atoms with Crippen LogP contribution in [0.4, 0.5) is 5.69 Å². The molecular weight excluding hydrogens is 290 g/mol. The van der Waals surface area contributed by atoms with E-state index in [0.29, 0.717) is 12.1 Å². The lowest BCUT2D eigenvalue weighted by atomic mass is 10.1. The maximum atomic E-state index is 5.45. The zero-order valence-electron chi connectivity index (χ0n) is 14.5. The molecule has 1 aliphatic rings. The average Bonchev–Trinajstić information content (AvgIpc) is 3.16. The number of hydrogen-bond donors (Lipinski definition) is 1. The Labute approximate surface area is 137 Å². The minimum absolute atomic E-state index is 0.202. The van der Waals surface area contributed by atoms with E-state index in [1.165, 1.54) is 11.3 Å². The Balaban J connectivity index is 1.70. The molecule has 6 heteroatoms. The van der Waals surface area contributed by atoms with Crippen LogP contribution in [0.5, 0.6) is 0 Å². The molecule has 1 fully saturated rings. The van der Waals surface area contributed by atoms with Gasteiger partial charge in [0.25, 0.3) is 0 Å². The highest BCUT2D eigenvalue weighted by molar-refractivity contribution is 5.47. The topological polar surface area (TPSA) is 56.9 Å². The monoisotopic (exact) mass is 317 g/mol. The van der Waals surface area contributed by atoms with Crippen molar-refractivity contribution in [1.82, 2.24) is 19.6 Å². The average molecular weight is 317 g/mol. The van der Waals surface area contributed by atoms with Crippen molar-refractivity contribution in [1.29, 1.82) is 0 Å². The van der Waals surface area contributed by atoms with Gasteiger partial charge in [0, 0.05) is 31.0 Å². The quantitative estimate of drug-likeness (QED) is 0.917. The number of rotatable bonds is 5. The second-order valence-corrected chi connectivity index (χ2v) is 6.65. The summed E-state index contributed by atoms with van der Waals surface area (Å²) in [5, 5.41) is 12.6. The molecule has 0 amide bonds. The molecule has 0 spiro atoms. The molecule has 0 saturated carbocycles. The van der Waals surface area contributed by atoms with Gasteiger partial charge in [-0.25, -0.2) is 0 Å². The van der Waals surface area contributed by atoms with Crippen molar-refractivity contribution in [2.24, 2.45) is 0 Å². The molecule has 3 heterocycles. The largest absolute Gasteiger partial charge is 0.381 e. The van der Waals surface area contributed by atoms with E-state index in [0.717, 1.165) is 31.7 Å². The smallest absolute Gasteiger partial charge is 0.0761 e. The van der Waals surface area contributed by atoms with Crippen molar-refractivity contribution in [2.45, 2.75) is 58.7 Å². The third-order valence-corrected chi connectivity index (χ3v) is 4.60. The Kier molecular flexibility index (Phi) is 4.71. The first-order valence-corrected chi connectivity index (χ1v) is 8.48. The zero-order chi connectivity index (χ0) is 16.4. The summed E-state index contributed by atoms with van der Waals surface area (Å²) in [5.74, 6) is 0. The van der Waals surface area contributed by atoms with Gasteiger partial charge in [0.1, 0.15) is 0 Å². The molecule has 2 aromatic heterocycles. The van der Waals surface area contributed by atoms with E-state index in [2.05, 4.69) is 54.1 Å². The Morgan fingerprint density at radius 3 is 2.57 bits per heavy atom. The summed E-state index contributed by atoms with van der Waals surface area (Å²) in [6.45, 7) is 10.2. The molecule has 126 valence electrons. The van der Waals surface area contributed by atoms with Gasteiger partial charge in [-0.15, -0.1) is 0 Å². The van der Waals surface area contributed by atoms with Crippen LogP contribution in [-0.4, -0.2) is 32.8 Å². The maximum Gasteiger partial charge on any atom is 0.0761 e. The van der Waals surface area contributed by atoms with E-state index in [-0.39, 0.29) is 6.04 Å². The van der Waals surface area contributed by atoms with E-state index in [9.17, 15) is 0 Å². The predicted molar refractivity (Wildman–Crippen MR) is 90.7 cm³/mol. The highest BCUT2D eigenvalue weighted by Crippen LogP contribution is 2.27. The summed E-state index contributed by atoms with van der Waals surface area (Å²) in [5.41, 5.74) is 3.48. The summed E-state index contributed by atoms with van der Waals surface area (Å²) < 4.78 is 9.59. The number of anilines is 1. The van der Waals surface area contributed by atoms with Crippen LogP contribution in [0.25, 0.3) is 0 Å². The van der Waals surface area contributed by atoms with Gasteiger partial charge in [0.15, 0.2) is 0 Å². The molecular formula is C17H27N5O. The molecule has 0 radical (unpaired) electrons. The highest BCUT2D eigenvalue weighted by Gasteiger charge is 2.20. The van der Waals surface area contributed by atoms with Crippen LogP contribution in [0.15, 0.2) is 18.6 Å². The number of nitrogens with zero attached hydrogens (tertiary/aromatic N) is 4. The molecule has 1 atom stereocenters. The molecule has 23 heavy (non-hydrogen) atoms. The molecule has 1 aliphatic heterocycles. The van der Waals surface area contributed by atoms with Crippen LogP contribution in [-0.2, 0) is 4.74 Å². The van der Waals surface area contributed by atoms with Gasteiger partial charge in [0.05, 0.1) is 35.9 Å². The lowest BCUT2D eigenvalue weighted by Crippen LogP contribution is -2.21. The van der Waals surface area contributed by atoms with Gasteiger partial charge in [-0.3, -0.25) is 9.36 Å². The Morgan fingerprint density at radius 2 is 1.91 bits per heavy atom. The van der Waals surface area contributed by atoms with Crippen LogP contribution < -0.4 is 5.32 Å². The molecule has 2 aromatic rings. The third-order valence-electron chi connectivity index (χ3n) is 4.60. The summed E-state index contributed by atoms with van der Waals surface area (Å²) in [7, 11) is 0. The molecule has 0 aromatic carbocycles. The summed E-state index contributed by atoms with van der Waals surface area (Å²) in [6.07, 6.45) is 8.07. The minimum atomic E-state index is 0.202. The summed E-state index contributed by atoms with van der Waals surface area (Å²) >= 11 is 0. The van der Waals surface area contributed by atoms with Crippen molar-refractivity contribution in [2.75, 3.05) is 18.5 Å². The fourth-order valence-corrected chi connectivity index (χ4v) is 3.04. The van der Waals surface area contributed by atoms with E-state index < -0.39 is 0 Å². The number of nitrogens with one attached hydrogen (secondary N) is 1. The van der Waals surface area contributed by atoms with Crippen molar-refractivity contribution < 1.29 is 4.74 Å². The summed E-state index contributed by atoms with van der Waals surface area (Å²) in [4.78, 5) is 0. The molecule has 6 nitrogen and oxygen atoms in total. The first kappa shape index (κ1) is 16.1. The van der Waals surface area contributed by atoms with Crippen LogP contribution in [0.2, 0.25) is 0 Å². The third kappa shape index (κ3) is 3.42. The SMILES string of the molecule is Cc1c(NC(C)c2cnn(C(C)C)c2)cnn1C1CCOCC1. The molecule has 3 rings (SSSR count). The first-order chi connectivity index (χ1) is 11.1. The summed E-state index contributed by atoms with van der Waals surface area (Å²) in [6, 6.07) is 1.04. The van der Waals surface area contributed by atoms with E-state index in [1.54, 1.807) is 0 Å². The van der Waals surface area contributed by atoms with Crippen molar-refractivity contribution in [3.8, 4) is 0 Å². The Bertz CT molecular complexity index is 639. The van der Waals surface area contributed by atoms with Gasteiger partial charge in [-0.2, -0.15) is 10.2 Å². The first-order valence-electron chi connectivity index (χ1n) is 8.48. The van der Waals surface area contributed by atoms with Crippen LogP contribution in [0.3, 0.4) is 0 Å². The highest BCUT2D eigenvalue weighted by atomic mass is 16.5. The number of ether oxygens (including phenoxy) is 1. The van der Waals surface area contributed by atoms with Gasteiger partial charge in [-0.05, 0) is 40.5 Å². The molecule has 0 aliphatic carbocycles. The minimum Gasteiger partial charge on any atom is -0.381 e. The van der Waals surface area contributed by atoms with Gasteiger partial charge >= 0.3 is 0 Å². The maximum absolute atomic E-state index is 5.45. The predicted octanol–water partition coefficient (Wildman–Crippen LogP) is 3.49. The molecule has 1 N–H and O–H groups in total. The zero-order valence-corrected chi connectivity index (χ0v) is 14.5. The van der Waals surface area contributed by atoms with E-state index >= 15 is 0 Å². The van der Waals surface area contributed by atoms with Gasteiger partial charge < -0.3 is 10.1 Å². The van der Waals surface area contributed by atoms with Gasteiger partial charge in [0.2, 0.25) is 0 Å². The molecule has 1 saturated heterocycles. The van der Waals surface area contributed by atoms with Crippen molar-refractivity contribution in [3.05, 3.63) is 29.8 Å². The number of aromatic nitrogens is 4. The molecule has 0 bridgehead atoms. The fraction of sp³-hybridized carbons (Fsp3) is 0.647. The van der Waals surface area contributed by atoms with E-state index in [4.69, 9.17) is 4.74 Å². The van der Waals surface area contributed by atoms with Crippen LogP contribution >= 0.6 is 0 Å². The Morgan fingerprint density at radius 1 is 1.17 bits per heavy atom. The lowest BCUT2D eigenvalue weighted by Gasteiger charge is -2.24. The fourth-order valence-electron chi connectivity index (χ4n) is 3.04. The Hall–Kier alpha value is -1.82. The van der Waals surface area contributed by atoms with Crippen LogP contribution in [0.1, 0.15) is 63.0 Å². The van der Waals surface area contributed by atoms with Crippen LogP contribution in [0, 0.1) is 6.92 Å². The van der Waals surface area contributed by atoms with Crippen molar-refractivity contribution >= 4 is 5.69 Å². The molecule has 1 unspecified atom stereocenters. The normalized spacial score (nSPS) is 17.6. The second-order valence-electron chi connectivity index (χ2n) is 6.65. The standard InChI is InChI=1S/C17H27N5O/c1-12(2)21-11-15(9-18-21)13(3)20-17-10-19-22(14(17)4)16-5-7-23-8-6-16/h9-13,16,20H,5-8H2,1-4H3. The number of hydrogen-bond acceptors (Lipinski definition) is 4. The van der Waals surface area contributed by atoms with Gasteiger partial charge in [-0.1, -0.05) is 0 Å². The van der Waals surface area contributed by atoms with Crippen molar-refractivity contribution in [3.63, 3.8) is 0 Å².